The van der Waals surface area contributed by atoms with Crippen molar-refractivity contribution in [2.45, 2.75) is 6.42 Å². The lowest BCUT2D eigenvalue weighted by Gasteiger charge is -2.10. The molecule has 6 nitrogen and oxygen atoms in total. The molecule has 3 rings (SSSR count). The molecule has 1 aliphatic rings. The van der Waals surface area contributed by atoms with Crippen LogP contribution in [0, 0.1) is 0 Å². The number of anilines is 1. The van der Waals surface area contributed by atoms with Gasteiger partial charge in [-0.05, 0) is 23.3 Å². The fraction of sp³-hybridized carbons (Fsp3) is 0.154. The van der Waals surface area contributed by atoms with E-state index in [-0.39, 0.29) is 11.7 Å². The van der Waals surface area contributed by atoms with Gasteiger partial charge in [0, 0.05) is 12.7 Å². The summed E-state index contributed by atoms with van der Waals surface area (Å²) in [6.07, 6.45) is 1.96. The zero-order chi connectivity index (χ0) is 13.6. The van der Waals surface area contributed by atoms with Crippen LogP contribution in [-0.4, -0.2) is 28.8 Å². The topological polar surface area (TPSA) is 92.1 Å². The number of nitrogens with one attached hydrogen (secondary N) is 1. The van der Waals surface area contributed by atoms with E-state index in [4.69, 9.17) is 5.73 Å². The minimum Gasteiger partial charge on any atom is -0.363 e. The Labute approximate surface area is 109 Å². The molecular weight excluding hydrogens is 244 g/mol. The highest BCUT2D eigenvalue weighted by Gasteiger charge is 2.24. The molecule has 2 heterocycles. The number of aromatic amines is 1. The molecule has 0 fully saturated rings. The van der Waals surface area contributed by atoms with E-state index >= 15 is 0 Å². The van der Waals surface area contributed by atoms with Gasteiger partial charge in [0.1, 0.15) is 0 Å². The third-order valence-electron chi connectivity index (χ3n) is 3.28. The lowest BCUT2D eigenvalue weighted by atomic mass is 10.1. The third-order valence-corrected chi connectivity index (χ3v) is 3.28. The Morgan fingerprint density at radius 1 is 1.47 bits per heavy atom. The minimum atomic E-state index is -0.595. The normalized spacial score (nSPS) is 13.7. The predicted molar refractivity (Wildman–Crippen MR) is 69.7 cm³/mol. The first-order valence-corrected chi connectivity index (χ1v) is 5.81. The zero-order valence-electron chi connectivity index (χ0n) is 10.3. The summed E-state index contributed by atoms with van der Waals surface area (Å²) in [5.41, 5.74) is 8.62. The van der Waals surface area contributed by atoms with Crippen LogP contribution in [0.5, 0.6) is 0 Å². The summed E-state index contributed by atoms with van der Waals surface area (Å²) in [6.45, 7) is 0. The van der Waals surface area contributed by atoms with Crippen molar-refractivity contribution < 1.29 is 9.59 Å². The largest absolute Gasteiger partial charge is 0.363 e. The van der Waals surface area contributed by atoms with Gasteiger partial charge in [-0.2, -0.15) is 0 Å². The SMILES string of the molecule is CN1C(=O)Cc2cc(-c3cnc(C(N)=O)[nH]3)ccc21. The molecule has 1 aliphatic heterocycles. The second-order valence-electron chi connectivity index (χ2n) is 4.48. The summed E-state index contributed by atoms with van der Waals surface area (Å²) >= 11 is 0. The van der Waals surface area contributed by atoms with Crippen molar-refractivity contribution in [3.05, 3.63) is 35.8 Å². The van der Waals surface area contributed by atoms with Gasteiger partial charge in [-0.25, -0.2) is 4.98 Å². The average molecular weight is 256 g/mol. The summed E-state index contributed by atoms with van der Waals surface area (Å²) in [7, 11) is 1.76. The molecule has 2 amide bonds. The number of nitrogens with zero attached hydrogens (tertiary/aromatic N) is 2. The van der Waals surface area contributed by atoms with Gasteiger partial charge in [0.25, 0.3) is 5.91 Å². The second kappa shape index (κ2) is 3.94. The quantitative estimate of drug-likeness (QED) is 0.828. The van der Waals surface area contributed by atoms with Crippen LogP contribution in [0.25, 0.3) is 11.3 Å². The van der Waals surface area contributed by atoms with Crippen LogP contribution < -0.4 is 10.6 Å². The van der Waals surface area contributed by atoms with Crippen LogP contribution in [0.3, 0.4) is 0 Å². The number of imidazole rings is 1. The molecule has 19 heavy (non-hydrogen) atoms. The molecule has 1 aromatic heterocycles. The Bertz CT molecular complexity index is 690. The van der Waals surface area contributed by atoms with Crippen LogP contribution in [-0.2, 0) is 11.2 Å². The number of H-pyrrole nitrogens is 1. The number of benzene rings is 1. The third kappa shape index (κ3) is 1.77. The number of hydrogen-bond acceptors (Lipinski definition) is 3. The van der Waals surface area contributed by atoms with Crippen LogP contribution in [0.4, 0.5) is 5.69 Å². The van der Waals surface area contributed by atoms with Crippen molar-refractivity contribution in [2.75, 3.05) is 11.9 Å². The van der Waals surface area contributed by atoms with E-state index in [2.05, 4.69) is 9.97 Å². The van der Waals surface area contributed by atoms with E-state index in [1.165, 1.54) is 0 Å². The molecule has 0 aliphatic carbocycles. The van der Waals surface area contributed by atoms with Gasteiger partial charge < -0.3 is 15.6 Å². The molecule has 0 saturated carbocycles. The lowest BCUT2D eigenvalue weighted by molar-refractivity contribution is -0.117. The molecule has 0 radical (unpaired) electrons. The molecule has 3 N–H and O–H groups in total. The summed E-state index contributed by atoms with van der Waals surface area (Å²) in [5, 5.41) is 0. The first-order valence-electron chi connectivity index (χ1n) is 5.81. The summed E-state index contributed by atoms with van der Waals surface area (Å²) in [5.74, 6) is -0.388. The molecule has 2 aromatic rings. The molecule has 0 saturated heterocycles. The molecule has 6 heteroatoms. The van der Waals surface area contributed by atoms with Crippen LogP contribution >= 0.6 is 0 Å². The van der Waals surface area contributed by atoms with Crippen molar-refractivity contribution in [3.63, 3.8) is 0 Å². The van der Waals surface area contributed by atoms with Crippen molar-refractivity contribution in [2.24, 2.45) is 5.73 Å². The molecule has 0 atom stereocenters. The van der Waals surface area contributed by atoms with Crippen molar-refractivity contribution in [3.8, 4) is 11.3 Å². The number of nitrogens with two attached hydrogens (primary N) is 1. The highest BCUT2D eigenvalue weighted by Crippen LogP contribution is 2.31. The first kappa shape index (κ1) is 11.5. The van der Waals surface area contributed by atoms with Crippen molar-refractivity contribution in [1.82, 2.24) is 9.97 Å². The zero-order valence-corrected chi connectivity index (χ0v) is 10.3. The maximum absolute atomic E-state index is 11.6. The van der Waals surface area contributed by atoms with Gasteiger partial charge in [0.15, 0.2) is 5.82 Å². The number of primary amides is 1. The van der Waals surface area contributed by atoms with Crippen LogP contribution in [0.2, 0.25) is 0 Å². The van der Waals surface area contributed by atoms with E-state index in [1.807, 2.05) is 18.2 Å². The fourth-order valence-electron chi connectivity index (χ4n) is 2.23. The number of carbonyl (C=O) groups excluding carboxylic acids is 2. The second-order valence-corrected chi connectivity index (χ2v) is 4.48. The van der Waals surface area contributed by atoms with Gasteiger partial charge in [-0.3, -0.25) is 9.59 Å². The Morgan fingerprint density at radius 2 is 2.26 bits per heavy atom. The van der Waals surface area contributed by atoms with E-state index < -0.39 is 5.91 Å². The maximum Gasteiger partial charge on any atom is 0.284 e. The van der Waals surface area contributed by atoms with E-state index in [0.29, 0.717) is 12.1 Å². The first-order chi connectivity index (χ1) is 9.06. The molecule has 0 unspecified atom stereocenters. The monoisotopic (exact) mass is 256 g/mol. The number of likely N-dealkylation sites (N-methyl/N-ethyl adjacent to an activating group) is 1. The number of hydrogen-bond donors (Lipinski definition) is 2. The standard InChI is InChI=1S/C13H12N4O2/c1-17-10-3-2-7(4-8(10)5-11(17)18)9-6-15-13(16-9)12(14)19/h2-4,6H,5H2,1H3,(H2,14,19)(H,15,16). The lowest BCUT2D eigenvalue weighted by Crippen LogP contribution is -2.20. The summed E-state index contributed by atoms with van der Waals surface area (Å²) in [6, 6.07) is 5.70. The van der Waals surface area contributed by atoms with Gasteiger partial charge in [0.05, 0.1) is 18.3 Å². The number of amides is 2. The van der Waals surface area contributed by atoms with Crippen molar-refractivity contribution in [1.29, 1.82) is 0 Å². The molecule has 96 valence electrons. The van der Waals surface area contributed by atoms with Crippen LogP contribution in [0.15, 0.2) is 24.4 Å². The van der Waals surface area contributed by atoms with E-state index in [9.17, 15) is 9.59 Å². The highest BCUT2D eigenvalue weighted by atomic mass is 16.2. The Hall–Kier alpha value is -2.63. The van der Waals surface area contributed by atoms with Crippen LogP contribution in [0.1, 0.15) is 16.2 Å². The Kier molecular flexibility index (Phi) is 2.38. The van der Waals surface area contributed by atoms with Gasteiger partial charge in [-0.1, -0.05) is 6.07 Å². The predicted octanol–water partition coefficient (Wildman–Crippen LogP) is 0.694. The number of fused-ring (bicyclic) bond motifs is 1. The minimum absolute atomic E-state index is 0.0783. The number of rotatable bonds is 2. The Balaban J connectivity index is 2.01. The maximum atomic E-state index is 11.6. The number of aromatic nitrogens is 2. The summed E-state index contributed by atoms with van der Waals surface area (Å²) in [4.78, 5) is 31.0. The van der Waals surface area contributed by atoms with Gasteiger partial charge in [0.2, 0.25) is 5.91 Å². The highest BCUT2D eigenvalue weighted by molar-refractivity contribution is 6.01. The van der Waals surface area contributed by atoms with E-state index in [1.54, 1.807) is 18.1 Å². The van der Waals surface area contributed by atoms with Crippen molar-refractivity contribution >= 4 is 17.5 Å². The molecule has 0 bridgehead atoms. The summed E-state index contributed by atoms with van der Waals surface area (Å²) < 4.78 is 0. The molecule has 0 spiro atoms. The Morgan fingerprint density at radius 3 is 2.95 bits per heavy atom. The van der Waals surface area contributed by atoms with Gasteiger partial charge >= 0.3 is 0 Å². The molecular formula is C13H12N4O2. The van der Waals surface area contributed by atoms with E-state index in [0.717, 1.165) is 16.8 Å². The molecule has 1 aromatic carbocycles. The number of carbonyl (C=O) groups is 2. The smallest absolute Gasteiger partial charge is 0.284 e. The fourth-order valence-corrected chi connectivity index (χ4v) is 2.23. The average Bonchev–Trinajstić information content (AvgIpc) is 2.96. The van der Waals surface area contributed by atoms with Gasteiger partial charge in [-0.15, -0.1) is 0 Å².